The molecule has 0 radical (unpaired) electrons. The van der Waals surface area contributed by atoms with E-state index in [2.05, 4.69) is 5.32 Å². The summed E-state index contributed by atoms with van der Waals surface area (Å²) < 4.78 is 0. The Bertz CT molecular complexity index is 377. The number of hydrogen-bond acceptors (Lipinski definition) is 4. The van der Waals surface area contributed by atoms with Gasteiger partial charge in [0.05, 0.1) is 12.5 Å². The average Bonchev–Trinajstić information content (AvgIpc) is 2.34. The molecule has 0 aromatic rings. The van der Waals surface area contributed by atoms with E-state index in [1.54, 1.807) is 6.92 Å². The van der Waals surface area contributed by atoms with Crippen LogP contribution in [0.15, 0.2) is 0 Å². The molecule has 0 spiro atoms. The first-order chi connectivity index (χ1) is 8.92. The molecule has 0 saturated heterocycles. The van der Waals surface area contributed by atoms with Crippen molar-refractivity contribution in [3.63, 3.8) is 0 Å². The molecule has 3 amide bonds. The molecular formula is C11H18N4O4. The summed E-state index contributed by atoms with van der Waals surface area (Å²) in [5.74, 6) is -1.86. The minimum Gasteiger partial charge on any atom is -0.480 e. The van der Waals surface area contributed by atoms with Crippen LogP contribution < -0.4 is 11.1 Å². The van der Waals surface area contributed by atoms with Gasteiger partial charge in [-0.05, 0) is 13.3 Å². The van der Waals surface area contributed by atoms with Crippen LogP contribution in [0.2, 0.25) is 0 Å². The fraction of sp³-hybridized carbons (Fsp3) is 0.636. The lowest BCUT2D eigenvalue weighted by Gasteiger charge is -2.22. The summed E-state index contributed by atoms with van der Waals surface area (Å²) in [6.07, 6.45) is -0.0198. The van der Waals surface area contributed by atoms with E-state index in [-0.39, 0.29) is 25.8 Å². The van der Waals surface area contributed by atoms with Gasteiger partial charge in [0.2, 0.25) is 5.91 Å². The highest BCUT2D eigenvalue weighted by Gasteiger charge is 2.22. The molecule has 0 saturated carbocycles. The Morgan fingerprint density at radius 2 is 2.11 bits per heavy atom. The van der Waals surface area contributed by atoms with Crippen molar-refractivity contribution in [1.82, 2.24) is 10.2 Å². The van der Waals surface area contributed by atoms with Gasteiger partial charge < -0.3 is 21.1 Å². The molecule has 0 fully saturated rings. The highest BCUT2D eigenvalue weighted by atomic mass is 16.4. The summed E-state index contributed by atoms with van der Waals surface area (Å²) >= 11 is 0. The molecule has 8 heteroatoms. The van der Waals surface area contributed by atoms with Crippen molar-refractivity contribution in [1.29, 1.82) is 5.26 Å². The summed E-state index contributed by atoms with van der Waals surface area (Å²) in [6, 6.07) is 0.160. The number of nitriles is 1. The molecule has 8 nitrogen and oxygen atoms in total. The zero-order chi connectivity index (χ0) is 14.8. The molecule has 0 aliphatic rings. The van der Waals surface area contributed by atoms with Gasteiger partial charge in [-0.1, -0.05) is 0 Å². The number of nitrogens with zero attached hydrogens (tertiary/aromatic N) is 2. The third-order valence-electron chi connectivity index (χ3n) is 2.44. The minimum absolute atomic E-state index is 0.0633. The molecule has 0 bridgehead atoms. The number of carboxylic acid groups (broad SMARTS) is 1. The van der Waals surface area contributed by atoms with Crippen LogP contribution in [0.25, 0.3) is 0 Å². The Hall–Kier alpha value is -2.30. The van der Waals surface area contributed by atoms with Crippen molar-refractivity contribution >= 4 is 17.9 Å². The number of rotatable bonds is 8. The second-order valence-electron chi connectivity index (χ2n) is 3.83. The minimum atomic E-state index is -1.23. The Labute approximate surface area is 111 Å². The van der Waals surface area contributed by atoms with Gasteiger partial charge in [-0.3, -0.25) is 4.79 Å². The van der Waals surface area contributed by atoms with Gasteiger partial charge in [-0.15, -0.1) is 0 Å². The lowest BCUT2D eigenvalue weighted by Crippen LogP contribution is -2.48. The first kappa shape index (κ1) is 16.7. The van der Waals surface area contributed by atoms with Crippen LogP contribution in [-0.2, 0) is 9.59 Å². The lowest BCUT2D eigenvalue weighted by molar-refractivity contribution is -0.139. The zero-order valence-electron chi connectivity index (χ0n) is 10.8. The number of amides is 3. The second-order valence-corrected chi connectivity index (χ2v) is 3.83. The number of hydrogen-bond donors (Lipinski definition) is 3. The lowest BCUT2D eigenvalue weighted by atomic mass is 10.1. The van der Waals surface area contributed by atoms with E-state index in [1.807, 2.05) is 6.07 Å². The van der Waals surface area contributed by atoms with Gasteiger partial charge in [0.15, 0.2) is 0 Å². The first-order valence-electron chi connectivity index (χ1n) is 5.85. The SMILES string of the molecule is CCN(CCC#N)C(=O)NC(CCC(N)=O)C(=O)O. The van der Waals surface area contributed by atoms with Gasteiger partial charge in [-0.2, -0.15) is 5.26 Å². The predicted octanol–water partition coefficient (Wildman–Crippen LogP) is -0.350. The molecule has 0 aliphatic heterocycles. The van der Waals surface area contributed by atoms with E-state index in [9.17, 15) is 14.4 Å². The van der Waals surface area contributed by atoms with E-state index >= 15 is 0 Å². The Kier molecular flexibility index (Phi) is 7.68. The van der Waals surface area contributed by atoms with Gasteiger partial charge in [0.1, 0.15) is 6.04 Å². The normalized spacial score (nSPS) is 11.2. The van der Waals surface area contributed by atoms with Gasteiger partial charge in [0.25, 0.3) is 0 Å². The maximum atomic E-state index is 11.8. The van der Waals surface area contributed by atoms with E-state index < -0.39 is 23.9 Å². The van der Waals surface area contributed by atoms with E-state index in [1.165, 1.54) is 4.90 Å². The van der Waals surface area contributed by atoms with Crippen molar-refractivity contribution < 1.29 is 19.5 Å². The Balaban J connectivity index is 4.47. The number of carbonyl (C=O) groups excluding carboxylic acids is 2. The summed E-state index contributed by atoms with van der Waals surface area (Å²) in [5.41, 5.74) is 4.93. The summed E-state index contributed by atoms with van der Waals surface area (Å²) in [5, 5.41) is 19.7. The van der Waals surface area contributed by atoms with E-state index in [4.69, 9.17) is 16.1 Å². The molecular weight excluding hydrogens is 252 g/mol. The van der Waals surface area contributed by atoms with Crippen molar-refractivity contribution in [2.24, 2.45) is 5.73 Å². The molecule has 1 atom stereocenters. The van der Waals surface area contributed by atoms with Gasteiger partial charge in [-0.25, -0.2) is 9.59 Å². The molecule has 0 heterocycles. The molecule has 0 aliphatic carbocycles. The van der Waals surface area contributed by atoms with E-state index in [0.29, 0.717) is 6.54 Å². The van der Waals surface area contributed by atoms with Gasteiger partial charge >= 0.3 is 12.0 Å². The summed E-state index contributed by atoms with van der Waals surface area (Å²) in [4.78, 5) is 34.6. The van der Waals surface area contributed by atoms with Crippen LogP contribution in [0.4, 0.5) is 4.79 Å². The topological polar surface area (TPSA) is 137 Å². The number of urea groups is 1. The van der Waals surface area contributed by atoms with Crippen LogP contribution in [-0.4, -0.2) is 47.0 Å². The van der Waals surface area contributed by atoms with Crippen molar-refractivity contribution in [2.75, 3.05) is 13.1 Å². The summed E-state index contributed by atoms with van der Waals surface area (Å²) in [6.45, 7) is 2.30. The van der Waals surface area contributed by atoms with Crippen molar-refractivity contribution in [3.05, 3.63) is 0 Å². The van der Waals surface area contributed by atoms with Crippen molar-refractivity contribution in [3.8, 4) is 6.07 Å². The molecule has 0 aromatic heterocycles. The molecule has 19 heavy (non-hydrogen) atoms. The fourth-order valence-electron chi connectivity index (χ4n) is 1.37. The van der Waals surface area contributed by atoms with Crippen LogP contribution in [0, 0.1) is 11.3 Å². The summed E-state index contributed by atoms with van der Waals surface area (Å²) in [7, 11) is 0. The fourth-order valence-corrected chi connectivity index (χ4v) is 1.37. The number of nitrogens with two attached hydrogens (primary N) is 1. The highest BCUT2D eigenvalue weighted by Crippen LogP contribution is 2.00. The van der Waals surface area contributed by atoms with Gasteiger partial charge in [0, 0.05) is 19.5 Å². The third-order valence-corrected chi connectivity index (χ3v) is 2.44. The monoisotopic (exact) mass is 270 g/mol. The van der Waals surface area contributed by atoms with Crippen LogP contribution in [0.1, 0.15) is 26.2 Å². The second kappa shape index (κ2) is 8.74. The standard InChI is InChI=1S/C11H18N4O4/c1-2-15(7-3-6-12)11(19)14-8(10(17)18)4-5-9(13)16/h8H,2-5,7H2,1H3,(H2,13,16)(H,14,19)(H,17,18). The van der Waals surface area contributed by atoms with E-state index in [0.717, 1.165) is 0 Å². The predicted molar refractivity (Wildman–Crippen MR) is 65.9 cm³/mol. The van der Waals surface area contributed by atoms with Crippen LogP contribution in [0.5, 0.6) is 0 Å². The zero-order valence-corrected chi connectivity index (χ0v) is 10.8. The first-order valence-corrected chi connectivity index (χ1v) is 5.85. The quantitative estimate of drug-likeness (QED) is 0.553. The average molecular weight is 270 g/mol. The largest absolute Gasteiger partial charge is 0.480 e. The number of carbonyl (C=O) groups is 3. The van der Waals surface area contributed by atoms with Crippen molar-refractivity contribution in [2.45, 2.75) is 32.2 Å². The number of nitrogens with one attached hydrogen (secondary N) is 1. The maximum absolute atomic E-state index is 11.8. The number of primary amides is 1. The maximum Gasteiger partial charge on any atom is 0.326 e. The molecule has 0 rings (SSSR count). The Morgan fingerprint density at radius 3 is 2.53 bits per heavy atom. The Morgan fingerprint density at radius 1 is 1.47 bits per heavy atom. The molecule has 4 N–H and O–H groups in total. The van der Waals surface area contributed by atoms with Crippen LogP contribution >= 0.6 is 0 Å². The van der Waals surface area contributed by atoms with Crippen LogP contribution in [0.3, 0.4) is 0 Å². The smallest absolute Gasteiger partial charge is 0.326 e. The molecule has 1 unspecified atom stereocenters. The highest BCUT2D eigenvalue weighted by molar-refractivity contribution is 5.83. The molecule has 106 valence electrons. The third kappa shape index (κ3) is 6.88. The molecule has 0 aromatic carbocycles. The number of carboxylic acids is 1. The number of aliphatic carboxylic acids is 1.